The van der Waals surface area contributed by atoms with Crippen LogP contribution in [0.3, 0.4) is 0 Å². The maximum atomic E-state index is 12.9. The first kappa shape index (κ1) is 16.1. The topological polar surface area (TPSA) is 65.6 Å². The Labute approximate surface area is 146 Å². The van der Waals surface area contributed by atoms with Crippen molar-refractivity contribution in [2.75, 3.05) is 32.8 Å². The molecule has 0 bridgehead atoms. The Kier molecular flexibility index (Phi) is 4.44. The van der Waals surface area contributed by atoms with Gasteiger partial charge in [0.25, 0.3) is 0 Å². The molecule has 2 aliphatic heterocycles. The second kappa shape index (κ2) is 6.88. The molecule has 0 unspecified atom stereocenters. The fourth-order valence-electron chi connectivity index (χ4n) is 3.80. The van der Waals surface area contributed by atoms with Gasteiger partial charge < -0.3 is 19.5 Å². The minimum atomic E-state index is -0.0984. The SMILES string of the molecule is O=C1COCCN1CC(=O)N1CCCC[C@H]1c1cc2ccccc2[nH]1. The third kappa shape index (κ3) is 3.26. The first-order chi connectivity index (χ1) is 12.2. The number of fused-ring (bicyclic) bond motifs is 1. The van der Waals surface area contributed by atoms with E-state index in [0.29, 0.717) is 13.2 Å². The maximum absolute atomic E-state index is 12.9. The number of rotatable bonds is 3. The molecule has 2 fully saturated rings. The zero-order valence-electron chi connectivity index (χ0n) is 14.2. The van der Waals surface area contributed by atoms with Gasteiger partial charge in [0.2, 0.25) is 11.8 Å². The predicted molar refractivity (Wildman–Crippen MR) is 94.0 cm³/mol. The van der Waals surface area contributed by atoms with E-state index < -0.39 is 0 Å². The Bertz CT molecular complexity index is 752. The lowest BCUT2D eigenvalue weighted by Gasteiger charge is -2.37. The minimum Gasteiger partial charge on any atom is -0.370 e. The smallest absolute Gasteiger partial charge is 0.249 e. The van der Waals surface area contributed by atoms with E-state index in [1.165, 1.54) is 5.39 Å². The minimum absolute atomic E-state index is 0.0265. The summed E-state index contributed by atoms with van der Waals surface area (Å²) in [5.74, 6) is -0.0719. The van der Waals surface area contributed by atoms with E-state index in [1.807, 2.05) is 17.0 Å². The largest absolute Gasteiger partial charge is 0.370 e. The number of piperidine rings is 1. The lowest BCUT2D eigenvalue weighted by atomic mass is 9.99. The number of morpholine rings is 1. The summed E-state index contributed by atoms with van der Waals surface area (Å²) >= 11 is 0. The monoisotopic (exact) mass is 341 g/mol. The highest BCUT2D eigenvalue weighted by molar-refractivity contribution is 5.86. The number of carbonyl (C=O) groups is 2. The molecule has 0 radical (unpaired) electrons. The Morgan fingerprint density at radius 3 is 2.96 bits per heavy atom. The fraction of sp³-hybridized carbons (Fsp3) is 0.474. The summed E-state index contributed by atoms with van der Waals surface area (Å²) in [4.78, 5) is 31.8. The van der Waals surface area contributed by atoms with Crippen LogP contribution < -0.4 is 0 Å². The van der Waals surface area contributed by atoms with Gasteiger partial charge in [0, 0.05) is 24.3 Å². The molecule has 0 saturated carbocycles. The van der Waals surface area contributed by atoms with E-state index in [9.17, 15) is 9.59 Å². The highest BCUT2D eigenvalue weighted by Gasteiger charge is 2.31. The highest BCUT2D eigenvalue weighted by Crippen LogP contribution is 2.32. The van der Waals surface area contributed by atoms with Gasteiger partial charge in [-0.15, -0.1) is 0 Å². The van der Waals surface area contributed by atoms with Gasteiger partial charge in [0.15, 0.2) is 0 Å². The van der Waals surface area contributed by atoms with Crippen molar-refractivity contribution in [2.24, 2.45) is 0 Å². The van der Waals surface area contributed by atoms with Crippen LogP contribution in [0.2, 0.25) is 0 Å². The first-order valence-corrected chi connectivity index (χ1v) is 8.95. The van der Waals surface area contributed by atoms with Crippen molar-refractivity contribution < 1.29 is 14.3 Å². The van der Waals surface area contributed by atoms with Crippen LogP contribution in [0.1, 0.15) is 31.0 Å². The molecule has 2 aliphatic rings. The van der Waals surface area contributed by atoms with Crippen molar-refractivity contribution >= 4 is 22.7 Å². The van der Waals surface area contributed by atoms with E-state index in [-0.39, 0.29) is 31.0 Å². The van der Waals surface area contributed by atoms with Gasteiger partial charge in [-0.3, -0.25) is 9.59 Å². The summed E-state index contributed by atoms with van der Waals surface area (Å²) in [6.45, 7) is 1.98. The Balaban J connectivity index is 1.53. The Morgan fingerprint density at radius 1 is 1.24 bits per heavy atom. The standard InChI is InChI=1S/C19H23N3O3/c23-18(12-21-9-10-25-13-19(21)24)22-8-4-3-7-17(22)16-11-14-5-1-2-6-15(14)20-16/h1-2,5-6,11,17,20H,3-4,7-10,12-13H2/t17-/m0/s1. The van der Waals surface area contributed by atoms with E-state index in [0.717, 1.165) is 37.0 Å². The molecule has 25 heavy (non-hydrogen) atoms. The molecular formula is C19H23N3O3. The summed E-state index contributed by atoms with van der Waals surface area (Å²) in [5, 5.41) is 1.17. The van der Waals surface area contributed by atoms with Crippen LogP contribution in [0.15, 0.2) is 30.3 Å². The zero-order chi connectivity index (χ0) is 17.2. The summed E-state index contributed by atoms with van der Waals surface area (Å²) in [6.07, 6.45) is 3.08. The molecule has 6 nitrogen and oxygen atoms in total. The van der Waals surface area contributed by atoms with Gasteiger partial charge in [0.1, 0.15) is 6.61 Å². The number of nitrogens with zero attached hydrogens (tertiary/aromatic N) is 2. The lowest BCUT2D eigenvalue weighted by Crippen LogP contribution is -2.49. The van der Waals surface area contributed by atoms with E-state index in [2.05, 4.69) is 23.2 Å². The van der Waals surface area contributed by atoms with Gasteiger partial charge in [-0.05, 0) is 36.8 Å². The van der Waals surface area contributed by atoms with Crippen molar-refractivity contribution in [3.63, 3.8) is 0 Å². The second-order valence-electron chi connectivity index (χ2n) is 6.78. The number of hydrogen-bond donors (Lipinski definition) is 1. The van der Waals surface area contributed by atoms with E-state index in [4.69, 9.17) is 4.74 Å². The number of H-pyrrole nitrogens is 1. The van der Waals surface area contributed by atoms with Crippen LogP contribution in [0.25, 0.3) is 10.9 Å². The zero-order valence-corrected chi connectivity index (χ0v) is 14.2. The number of benzene rings is 1. The quantitative estimate of drug-likeness (QED) is 0.929. The number of ether oxygens (including phenoxy) is 1. The second-order valence-corrected chi connectivity index (χ2v) is 6.78. The number of likely N-dealkylation sites (tertiary alicyclic amines) is 1. The summed E-state index contributed by atoms with van der Waals surface area (Å²) < 4.78 is 5.14. The third-order valence-electron chi connectivity index (χ3n) is 5.14. The molecule has 1 aromatic carbocycles. The number of para-hydroxylation sites is 1. The molecule has 132 valence electrons. The van der Waals surface area contributed by atoms with Crippen LogP contribution >= 0.6 is 0 Å². The fourth-order valence-corrected chi connectivity index (χ4v) is 3.80. The van der Waals surface area contributed by atoms with Crippen LogP contribution in [0.5, 0.6) is 0 Å². The van der Waals surface area contributed by atoms with Gasteiger partial charge in [-0.25, -0.2) is 0 Å². The van der Waals surface area contributed by atoms with Gasteiger partial charge >= 0.3 is 0 Å². The van der Waals surface area contributed by atoms with Crippen LogP contribution in [0, 0.1) is 0 Å². The number of aromatic nitrogens is 1. The van der Waals surface area contributed by atoms with E-state index >= 15 is 0 Å². The normalized spacial score (nSPS) is 21.8. The van der Waals surface area contributed by atoms with Gasteiger partial charge in [0.05, 0.1) is 19.2 Å². The molecule has 2 amide bonds. The van der Waals surface area contributed by atoms with Crippen LogP contribution in [-0.2, 0) is 14.3 Å². The summed E-state index contributed by atoms with van der Waals surface area (Å²) in [5.41, 5.74) is 2.18. The molecule has 2 saturated heterocycles. The number of amides is 2. The van der Waals surface area contributed by atoms with Crippen LogP contribution in [0.4, 0.5) is 0 Å². The molecule has 6 heteroatoms. The lowest BCUT2D eigenvalue weighted by molar-refractivity contribution is -0.150. The summed E-state index contributed by atoms with van der Waals surface area (Å²) in [6, 6.07) is 10.4. The Morgan fingerprint density at radius 2 is 2.12 bits per heavy atom. The van der Waals surface area contributed by atoms with Crippen molar-refractivity contribution in [3.05, 3.63) is 36.0 Å². The van der Waals surface area contributed by atoms with Gasteiger partial charge in [-0.1, -0.05) is 18.2 Å². The Hall–Kier alpha value is -2.34. The molecule has 0 spiro atoms. The molecule has 1 aromatic heterocycles. The van der Waals surface area contributed by atoms with Crippen molar-refractivity contribution in [2.45, 2.75) is 25.3 Å². The van der Waals surface area contributed by atoms with E-state index in [1.54, 1.807) is 4.90 Å². The third-order valence-corrected chi connectivity index (χ3v) is 5.14. The maximum Gasteiger partial charge on any atom is 0.249 e. The van der Waals surface area contributed by atoms with Crippen molar-refractivity contribution in [1.29, 1.82) is 0 Å². The molecule has 3 heterocycles. The number of aromatic amines is 1. The number of hydrogen-bond acceptors (Lipinski definition) is 3. The first-order valence-electron chi connectivity index (χ1n) is 8.95. The molecular weight excluding hydrogens is 318 g/mol. The number of carbonyl (C=O) groups excluding carboxylic acids is 2. The average molecular weight is 341 g/mol. The van der Waals surface area contributed by atoms with Crippen molar-refractivity contribution in [3.8, 4) is 0 Å². The molecule has 1 N–H and O–H groups in total. The summed E-state index contributed by atoms with van der Waals surface area (Å²) in [7, 11) is 0. The molecule has 0 aliphatic carbocycles. The van der Waals surface area contributed by atoms with Crippen molar-refractivity contribution in [1.82, 2.24) is 14.8 Å². The van der Waals surface area contributed by atoms with Crippen LogP contribution in [-0.4, -0.2) is 59.4 Å². The highest BCUT2D eigenvalue weighted by atomic mass is 16.5. The molecule has 2 aromatic rings. The average Bonchev–Trinajstić information content (AvgIpc) is 3.07. The molecule has 1 atom stereocenters. The predicted octanol–water partition coefficient (Wildman–Crippen LogP) is 2.08. The van der Waals surface area contributed by atoms with Gasteiger partial charge in [-0.2, -0.15) is 0 Å². The number of nitrogens with one attached hydrogen (secondary N) is 1. The molecule has 4 rings (SSSR count).